The van der Waals surface area contributed by atoms with Gasteiger partial charge in [-0.1, -0.05) is 12.8 Å². The molecule has 0 aliphatic heterocycles. The van der Waals surface area contributed by atoms with E-state index >= 15 is 0 Å². The molecule has 2 unspecified atom stereocenters. The summed E-state index contributed by atoms with van der Waals surface area (Å²) in [6, 6.07) is 6.58. The fraction of sp³-hybridized carbons (Fsp3) is 0.538. The lowest BCUT2D eigenvalue weighted by Crippen LogP contribution is -2.43. The topological polar surface area (TPSA) is 66.6 Å². The van der Waals surface area contributed by atoms with E-state index in [1.165, 1.54) is 12.1 Å². The van der Waals surface area contributed by atoms with Crippen molar-refractivity contribution in [2.75, 3.05) is 11.9 Å². The molecule has 2 rings (SSSR count). The smallest absolute Gasteiger partial charge is 0.269 e. The maximum absolute atomic E-state index is 10.6. The van der Waals surface area contributed by atoms with Gasteiger partial charge in [0.25, 0.3) is 5.69 Å². The molecule has 5 nitrogen and oxygen atoms in total. The quantitative estimate of drug-likeness (QED) is 0.660. The van der Waals surface area contributed by atoms with Crippen molar-refractivity contribution in [3.8, 4) is 0 Å². The first-order valence-electron chi connectivity index (χ1n) is 6.25. The highest BCUT2D eigenvalue weighted by molar-refractivity contribution is 5.51. The summed E-state index contributed by atoms with van der Waals surface area (Å²) in [5.41, 5.74) is 1.00. The number of nitro groups is 1. The van der Waals surface area contributed by atoms with Crippen molar-refractivity contribution in [2.24, 2.45) is 0 Å². The van der Waals surface area contributed by atoms with E-state index in [1.807, 2.05) is 11.9 Å². The van der Waals surface area contributed by atoms with Crippen molar-refractivity contribution in [3.63, 3.8) is 0 Å². The Kier molecular flexibility index (Phi) is 3.81. The van der Waals surface area contributed by atoms with E-state index in [2.05, 4.69) is 0 Å². The largest absolute Gasteiger partial charge is 0.391 e. The Bertz CT molecular complexity index is 419. The van der Waals surface area contributed by atoms with Gasteiger partial charge in [0.2, 0.25) is 0 Å². The third-order valence-electron chi connectivity index (χ3n) is 3.66. The maximum atomic E-state index is 10.6. The van der Waals surface area contributed by atoms with Gasteiger partial charge in [-0.05, 0) is 25.0 Å². The van der Waals surface area contributed by atoms with Gasteiger partial charge in [-0.25, -0.2) is 0 Å². The normalized spacial score (nSPS) is 23.7. The number of benzene rings is 1. The van der Waals surface area contributed by atoms with Gasteiger partial charge in [0.1, 0.15) is 0 Å². The summed E-state index contributed by atoms with van der Waals surface area (Å²) in [6.45, 7) is 0. The number of aliphatic hydroxyl groups excluding tert-OH is 1. The average molecular weight is 250 g/mol. The zero-order valence-electron chi connectivity index (χ0n) is 10.5. The minimum atomic E-state index is -0.404. The van der Waals surface area contributed by atoms with Crippen LogP contribution in [0.25, 0.3) is 0 Å². The number of rotatable bonds is 3. The van der Waals surface area contributed by atoms with Crippen LogP contribution in [-0.4, -0.2) is 29.2 Å². The van der Waals surface area contributed by atoms with E-state index in [1.54, 1.807) is 12.1 Å². The van der Waals surface area contributed by atoms with Gasteiger partial charge in [0.05, 0.1) is 17.1 Å². The zero-order chi connectivity index (χ0) is 13.1. The molecule has 1 aromatic rings. The molecule has 0 radical (unpaired) electrons. The molecule has 1 aliphatic rings. The monoisotopic (exact) mass is 250 g/mol. The Balaban J connectivity index is 2.12. The number of hydrogen-bond acceptors (Lipinski definition) is 4. The minimum absolute atomic E-state index is 0.0938. The van der Waals surface area contributed by atoms with E-state index in [4.69, 9.17) is 0 Å². The Labute approximate surface area is 106 Å². The maximum Gasteiger partial charge on any atom is 0.269 e. The van der Waals surface area contributed by atoms with Crippen molar-refractivity contribution >= 4 is 11.4 Å². The lowest BCUT2D eigenvalue weighted by atomic mass is 9.91. The van der Waals surface area contributed by atoms with Crippen LogP contribution in [0.2, 0.25) is 0 Å². The molecule has 1 N–H and O–H groups in total. The molecule has 0 aromatic heterocycles. The van der Waals surface area contributed by atoms with E-state index in [9.17, 15) is 15.2 Å². The first-order chi connectivity index (χ1) is 8.59. The van der Waals surface area contributed by atoms with Crippen molar-refractivity contribution in [1.82, 2.24) is 0 Å². The molecular weight excluding hydrogens is 232 g/mol. The van der Waals surface area contributed by atoms with Crippen LogP contribution in [-0.2, 0) is 0 Å². The van der Waals surface area contributed by atoms with Gasteiger partial charge in [0, 0.05) is 24.9 Å². The highest BCUT2D eigenvalue weighted by Crippen LogP contribution is 2.27. The van der Waals surface area contributed by atoms with Crippen molar-refractivity contribution < 1.29 is 10.0 Å². The van der Waals surface area contributed by atoms with Crippen molar-refractivity contribution in [1.29, 1.82) is 0 Å². The SMILES string of the molecule is CN(c1ccc([N+](=O)[O-])cc1)C1CCCCC1O. The van der Waals surface area contributed by atoms with Crippen LogP contribution in [0.3, 0.4) is 0 Å². The molecule has 1 aliphatic carbocycles. The third kappa shape index (κ3) is 2.61. The van der Waals surface area contributed by atoms with E-state index < -0.39 is 4.92 Å². The van der Waals surface area contributed by atoms with E-state index in [0.717, 1.165) is 31.4 Å². The molecule has 5 heteroatoms. The predicted octanol–water partition coefficient (Wildman–Crippen LogP) is 2.33. The first kappa shape index (κ1) is 12.8. The lowest BCUT2D eigenvalue weighted by molar-refractivity contribution is -0.384. The second-order valence-electron chi connectivity index (χ2n) is 4.80. The Morgan fingerprint density at radius 1 is 1.28 bits per heavy atom. The summed E-state index contributed by atoms with van der Waals surface area (Å²) in [5.74, 6) is 0. The minimum Gasteiger partial charge on any atom is -0.391 e. The molecule has 98 valence electrons. The summed E-state index contributed by atoms with van der Waals surface area (Å²) in [5, 5.41) is 20.6. The molecule has 1 aromatic carbocycles. The zero-order valence-corrected chi connectivity index (χ0v) is 10.5. The molecule has 18 heavy (non-hydrogen) atoms. The second-order valence-corrected chi connectivity index (χ2v) is 4.80. The molecule has 1 saturated carbocycles. The van der Waals surface area contributed by atoms with Crippen LogP contribution in [0.1, 0.15) is 25.7 Å². The van der Waals surface area contributed by atoms with Gasteiger partial charge in [-0.3, -0.25) is 10.1 Å². The van der Waals surface area contributed by atoms with Crippen molar-refractivity contribution in [3.05, 3.63) is 34.4 Å². The fourth-order valence-electron chi connectivity index (χ4n) is 2.54. The Morgan fingerprint density at radius 3 is 2.44 bits per heavy atom. The summed E-state index contributed by atoms with van der Waals surface area (Å²) in [6.07, 6.45) is 3.69. The molecule has 0 bridgehead atoms. The number of aliphatic hydroxyl groups is 1. The summed E-state index contributed by atoms with van der Waals surface area (Å²) in [7, 11) is 1.93. The number of nitrogens with zero attached hydrogens (tertiary/aromatic N) is 2. The molecule has 0 amide bonds. The average Bonchev–Trinajstić information content (AvgIpc) is 2.38. The fourth-order valence-corrected chi connectivity index (χ4v) is 2.54. The molecular formula is C13H18N2O3. The van der Waals surface area contributed by atoms with Gasteiger partial charge < -0.3 is 10.0 Å². The predicted molar refractivity (Wildman–Crippen MR) is 69.8 cm³/mol. The molecule has 0 heterocycles. The van der Waals surface area contributed by atoms with Gasteiger partial charge in [-0.2, -0.15) is 0 Å². The van der Waals surface area contributed by atoms with Crippen molar-refractivity contribution in [2.45, 2.75) is 37.8 Å². The Hall–Kier alpha value is -1.62. The van der Waals surface area contributed by atoms with Crippen LogP contribution in [0.5, 0.6) is 0 Å². The first-order valence-corrected chi connectivity index (χ1v) is 6.25. The second kappa shape index (κ2) is 5.35. The molecule has 1 fully saturated rings. The lowest BCUT2D eigenvalue weighted by Gasteiger charge is -2.36. The number of nitro benzene ring substituents is 1. The van der Waals surface area contributed by atoms with Gasteiger partial charge in [0.15, 0.2) is 0 Å². The summed E-state index contributed by atoms with van der Waals surface area (Å²) >= 11 is 0. The van der Waals surface area contributed by atoms with Gasteiger partial charge >= 0.3 is 0 Å². The van der Waals surface area contributed by atoms with Gasteiger partial charge in [-0.15, -0.1) is 0 Å². The number of anilines is 1. The summed E-state index contributed by atoms with van der Waals surface area (Å²) in [4.78, 5) is 12.2. The highest BCUT2D eigenvalue weighted by atomic mass is 16.6. The molecule has 0 spiro atoms. The number of hydrogen-bond donors (Lipinski definition) is 1. The van der Waals surface area contributed by atoms with Crippen LogP contribution in [0.4, 0.5) is 11.4 Å². The molecule has 2 atom stereocenters. The third-order valence-corrected chi connectivity index (χ3v) is 3.66. The number of likely N-dealkylation sites (N-methyl/N-ethyl adjacent to an activating group) is 1. The van der Waals surface area contributed by atoms with E-state index in [0.29, 0.717) is 0 Å². The van der Waals surface area contributed by atoms with Crippen LogP contribution in [0, 0.1) is 10.1 Å². The number of non-ortho nitro benzene ring substituents is 1. The standard InChI is InChI=1S/C13H18N2O3/c1-14(12-4-2-3-5-13(12)16)10-6-8-11(9-7-10)15(17)18/h6-9,12-13,16H,2-5H2,1H3. The van der Waals surface area contributed by atoms with Crippen LogP contribution < -0.4 is 4.90 Å². The Morgan fingerprint density at radius 2 is 1.89 bits per heavy atom. The summed E-state index contributed by atoms with van der Waals surface area (Å²) < 4.78 is 0. The molecule has 0 saturated heterocycles. The highest BCUT2D eigenvalue weighted by Gasteiger charge is 2.26. The van der Waals surface area contributed by atoms with Crippen LogP contribution in [0.15, 0.2) is 24.3 Å². The van der Waals surface area contributed by atoms with E-state index in [-0.39, 0.29) is 17.8 Å². The van der Waals surface area contributed by atoms with Crippen LogP contribution >= 0.6 is 0 Å².